The number of phenols is 1. The molecule has 0 saturated carbocycles. The molecule has 0 spiro atoms. The minimum absolute atomic E-state index is 0.347. The van der Waals surface area contributed by atoms with E-state index in [9.17, 15) is 5.11 Å². The number of aromatic nitrogens is 1. The first kappa shape index (κ1) is 19.5. The fourth-order valence-electron chi connectivity index (χ4n) is 3.59. The lowest BCUT2D eigenvalue weighted by molar-refractivity contribution is 0.247. The summed E-state index contributed by atoms with van der Waals surface area (Å²) in [4.78, 5) is 9.47. The number of nitrogens with zero attached hydrogens (tertiary/aromatic N) is 3. The molecule has 152 valence electrons. The molecule has 1 N–H and O–H groups in total. The lowest BCUT2D eigenvalue weighted by atomic mass is 10.2. The highest BCUT2D eigenvalue weighted by atomic mass is 32.1. The number of hydrogen-bond acceptors (Lipinski definition) is 7. The molecule has 0 radical (unpaired) electrons. The van der Waals surface area contributed by atoms with Crippen LogP contribution in [0.1, 0.15) is 5.69 Å². The Labute approximate surface area is 174 Å². The number of hydrogen-bond donors (Lipinski definition) is 1. The Morgan fingerprint density at radius 2 is 1.76 bits per heavy atom. The van der Waals surface area contributed by atoms with Crippen LogP contribution in [0.2, 0.25) is 0 Å². The summed E-state index contributed by atoms with van der Waals surface area (Å²) in [6.45, 7) is 4.50. The van der Waals surface area contributed by atoms with Gasteiger partial charge < -0.3 is 19.5 Å². The van der Waals surface area contributed by atoms with Gasteiger partial charge in [0.15, 0.2) is 11.5 Å². The van der Waals surface area contributed by atoms with E-state index in [0.717, 1.165) is 60.4 Å². The zero-order valence-corrected chi connectivity index (χ0v) is 17.5. The highest BCUT2D eigenvalue weighted by Gasteiger charge is 2.20. The van der Waals surface area contributed by atoms with Crippen LogP contribution in [0, 0.1) is 0 Å². The normalized spacial score (nSPS) is 14.8. The summed E-state index contributed by atoms with van der Waals surface area (Å²) in [5, 5.41) is 13.2. The molecule has 2 aromatic carbocycles. The standard InChI is InChI=1S/C22H25N3O3S/c1-27-20-8-7-16(13-21(20)28-2)22-23-17(15-29-22)14-24-9-11-25(12-10-24)18-5-3-4-6-19(18)26/h3-8,13,15,26H,9-12,14H2,1-2H3. The predicted octanol–water partition coefficient (Wildman–Crippen LogP) is 3.86. The van der Waals surface area contributed by atoms with Crippen LogP contribution in [-0.2, 0) is 6.54 Å². The second-order valence-corrected chi connectivity index (χ2v) is 7.82. The van der Waals surface area contributed by atoms with Crippen LogP contribution < -0.4 is 14.4 Å². The summed E-state index contributed by atoms with van der Waals surface area (Å²) in [6, 6.07) is 13.4. The second kappa shape index (κ2) is 8.71. The lowest BCUT2D eigenvalue weighted by Gasteiger charge is -2.36. The van der Waals surface area contributed by atoms with E-state index in [-0.39, 0.29) is 0 Å². The van der Waals surface area contributed by atoms with Gasteiger partial charge in [-0.15, -0.1) is 11.3 Å². The summed E-state index contributed by atoms with van der Waals surface area (Å²) in [5.74, 6) is 1.78. The molecule has 0 aliphatic carbocycles. The topological polar surface area (TPSA) is 58.1 Å². The number of rotatable bonds is 6. The number of para-hydroxylation sites is 2. The number of piperazine rings is 1. The summed E-state index contributed by atoms with van der Waals surface area (Å²) >= 11 is 1.65. The average Bonchev–Trinajstić information content (AvgIpc) is 3.23. The molecule has 1 aliphatic rings. The van der Waals surface area contributed by atoms with Crippen LogP contribution in [0.4, 0.5) is 5.69 Å². The van der Waals surface area contributed by atoms with E-state index in [1.165, 1.54) is 0 Å². The minimum Gasteiger partial charge on any atom is -0.506 e. The van der Waals surface area contributed by atoms with Gasteiger partial charge in [0.2, 0.25) is 0 Å². The van der Waals surface area contributed by atoms with Crippen LogP contribution in [-0.4, -0.2) is 55.4 Å². The Kier molecular flexibility index (Phi) is 5.87. The molecule has 1 aliphatic heterocycles. The Bertz CT molecular complexity index is 967. The van der Waals surface area contributed by atoms with Gasteiger partial charge in [-0.3, -0.25) is 4.90 Å². The van der Waals surface area contributed by atoms with E-state index >= 15 is 0 Å². The lowest BCUT2D eigenvalue weighted by Crippen LogP contribution is -2.46. The van der Waals surface area contributed by atoms with Gasteiger partial charge in [0.25, 0.3) is 0 Å². The maximum atomic E-state index is 10.1. The van der Waals surface area contributed by atoms with Crippen molar-refractivity contribution >= 4 is 17.0 Å². The van der Waals surface area contributed by atoms with Crippen molar-refractivity contribution in [3.8, 4) is 27.8 Å². The van der Waals surface area contributed by atoms with E-state index in [1.54, 1.807) is 31.6 Å². The Balaban J connectivity index is 1.38. The van der Waals surface area contributed by atoms with Gasteiger partial charge in [0.05, 0.1) is 25.6 Å². The van der Waals surface area contributed by atoms with Crippen molar-refractivity contribution in [2.45, 2.75) is 6.54 Å². The second-order valence-electron chi connectivity index (χ2n) is 6.97. The van der Waals surface area contributed by atoms with E-state index in [4.69, 9.17) is 14.5 Å². The van der Waals surface area contributed by atoms with E-state index < -0.39 is 0 Å². The highest BCUT2D eigenvalue weighted by Crippen LogP contribution is 2.34. The molecular formula is C22H25N3O3S. The number of thiazole rings is 1. The van der Waals surface area contributed by atoms with E-state index in [0.29, 0.717) is 11.5 Å². The summed E-state index contributed by atoms with van der Waals surface area (Å²) in [7, 11) is 3.28. The van der Waals surface area contributed by atoms with Crippen molar-refractivity contribution < 1.29 is 14.6 Å². The molecule has 6 nitrogen and oxygen atoms in total. The van der Waals surface area contributed by atoms with Crippen molar-refractivity contribution in [3.05, 3.63) is 53.5 Å². The number of benzene rings is 2. The van der Waals surface area contributed by atoms with Gasteiger partial charge in [-0.1, -0.05) is 12.1 Å². The smallest absolute Gasteiger partial charge is 0.161 e. The van der Waals surface area contributed by atoms with Gasteiger partial charge in [-0.25, -0.2) is 4.98 Å². The number of methoxy groups -OCH3 is 2. The summed E-state index contributed by atoms with van der Waals surface area (Å²) in [6.07, 6.45) is 0. The van der Waals surface area contributed by atoms with Crippen LogP contribution in [0.25, 0.3) is 10.6 Å². The zero-order valence-electron chi connectivity index (χ0n) is 16.7. The van der Waals surface area contributed by atoms with Crippen molar-refractivity contribution in [2.24, 2.45) is 0 Å². The summed E-state index contributed by atoms with van der Waals surface area (Å²) < 4.78 is 10.7. The molecule has 7 heteroatoms. The Morgan fingerprint density at radius 1 is 1.00 bits per heavy atom. The van der Waals surface area contributed by atoms with Crippen LogP contribution in [0.5, 0.6) is 17.2 Å². The molecule has 1 saturated heterocycles. The fraction of sp³-hybridized carbons (Fsp3) is 0.318. The molecule has 0 bridgehead atoms. The highest BCUT2D eigenvalue weighted by molar-refractivity contribution is 7.13. The van der Waals surface area contributed by atoms with Crippen LogP contribution >= 0.6 is 11.3 Å². The largest absolute Gasteiger partial charge is 0.506 e. The van der Waals surface area contributed by atoms with Gasteiger partial charge in [0, 0.05) is 43.7 Å². The third kappa shape index (κ3) is 4.31. The third-order valence-corrected chi connectivity index (χ3v) is 6.10. The van der Waals surface area contributed by atoms with Crippen molar-refractivity contribution in [3.63, 3.8) is 0 Å². The van der Waals surface area contributed by atoms with Gasteiger partial charge in [-0.05, 0) is 30.3 Å². The maximum absolute atomic E-state index is 10.1. The summed E-state index contributed by atoms with van der Waals surface area (Å²) in [5.41, 5.74) is 3.02. The SMILES string of the molecule is COc1ccc(-c2nc(CN3CCN(c4ccccc4O)CC3)cs2)cc1OC. The first-order chi connectivity index (χ1) is 14.2. The molecule has 4 rings (SSSR count). The van der Waals surface area contributed by atoms with Gasteiger partial charge >= 0.3 is 0 Å². The number of phenolic OH excluding ortho intramolecular Hbond substituents is 1. The van der Waals surface area contributed by atoms with Crippen LogP contribution in [0.15, 0.2) is 47.8 Å². The zero-order chi connectivity index (χ0) is 20.2. The minimum atomic E-state index is 0.347. The molecule has 0 unspecified atom stereocenters. The number of anilines is 1. The molecule has 2 heterocycles. The maximum Gasteiger partial charge on any atom is 0.161 e. The molecule has 29 heavy (non-hydrogen) atoms. The van der Waals surface area contributed by atoms with Crippen LogP contribution in [0.3, 0.4) is 0 Å². The molecule has 0 atom stereocenters. The molecule has 3 aromatic rings. The van der Waals surface area contributed by atoms with Crippen molar-refractivity contribution in [1.82, 2.24) is 9.88 Å². The molecule has 1 aromatic heterocycles. The van der Waals surface area contributed by atoms with Crippen molar-refractivity contribution in [1.29, 1.82) is 0 Å². The first-order valence-electron chi connectivity index (χ1n) is 9.60. The van der Waals surface area contributed by atoms with Gasteiger partial charge in [0.1, 0.15) is 10.8 Å². The Morgan fingerprint density at radius 3 is 2.48 bits per heavy atom. The average molecular weight is 412 g/mol. The van der Waals surface area contributed by atoms with E-state index in [2.05, 4.69) is 15.2 Å². The number of aromatic hydroxyl groups is 1. The third-order valence-electron chi connectivity index (χ3n) is 5.16. The number of ether oxygens (including phenoxy) is 2. The Hall–Kier alpha value is -2.77. The fourth-order valence-corrected chi connectivity index (χ4v) is 4.40. The van der Waals surface area contributed by atoms with Gasteiger partial charge in [-0.2, -0.15) is 0 Å². The van der Waals surface area contributed by atoms with E-state index in [1.807, 2.05) is 36.4 Å². The predicted molar refractivity (Wildman–Crippen MR) is 116 cm³/mol. The molecular weight excluding hydrogens is 386 g/mol. The molecule has 1 fully saturated rings. The molecule has 0 amide bonds. The first-order valence-corrected chi connectivity index (χ1v) is 10.5. The van der Waals surface area contributed by atoms with Crippen molar-refractivity contribution in [2.75, 3.05) is 45.3 Å². The quantitative estimate of drug-likeness (QED) is 0.665. The monoisotopic (exact) mass is 411 g/mol.